The number of benzene rings is 2. The number of carbonyl (C=O) groups excluding carboxylic acids is 1. The van der Waals surface area contributed by atoms with Crippen LogP contribution in [-0.4, -0.2) is 10.9 Å². The van der Waals surface area contributed by atoms with Gasteiger partial charge in [-0.3, -0.25) is 4.79 Å². The Morgan fingerprint density at radius 2 is 1.88 bits per heavy atom. The minimum Gasteiger partial charge on any atom is -0.399 e. The molecular formula is C19H16N4O. The number of nitrogens with two attached hydrogens (primary N) is 1. The molecule has 118 valence electrons. The minimum absolute atomic E-state index is 0.0966. The third-order valence-corrected chi connectivity index (χ3v) is 3.90. The quantitative estimate of drug-likeness (QED) is 0.438. The second-order valence-electron chi connectivity index (χ2n) is 5.65. The molecule has 1 amide bonds. The van der Waals surface area contributed by atoms with Crippen molar-refractivity contribution < 1.29 is 4.79 Å². The molecule has 5 heteroatoms. The van der Waals surface area contributed by atoms with Gasteiger partial charge in [-0.25, -0.2) is 0 Å². The number of aromatic nitrogens is 1. The molecule has 2 aromatic carbocycles. The van der Waals surface area contributed by atoms with Crippen LogP contribution in [0.2, 0.25) is 0 Å². The average Bonchev–Trinajstić information content (AvgIpc) is 3.16. The molecule has 1 aromatic heterocycles. The standard InChI is InChI=1S/C19H16N4O/c20-12-3-1-4-14(9-12)22-15-6-7-16-17(10-13-5-2-8-21-13)19(24)23-18(16)11-15/h1-11,21-22H,20H2,(H,23,24)/b17-10-. The lowest BCUT2D eigenvalue weighted by atomic mass is 10.1. The van der Waals surface area contributed by atoms with Crippen molar-refractivity contribution in [3.8, 4) is 0 Å². The maximum Gasteiger partial charge on any atom is 0.256 e. The van der Waals surface area contributed by atoms with Crippen molar-refractivity contribution in [1.82, 2.24) is 4.98 Å². The molecule has 0 saturated heterocycles. The maximum atomic E-state index is 12.2. The van der Waals surface area contributed by atoms with Gasteiger partial charge in [0.05, 0.1) is 11.3 Å². The van der Waals surface area contributed by atoms with E-state index >= 15 is 0 Å². The van der Waals surface area contributed by atoms with Crippen LogP contribution < -0.4 is 16.4 Å². The summed E-state index contributed by atoms with van der Waals surface area (Å²) in [5, 5.41) is 6.20. The summed E-state index contributed by atoms with van der Waals surface area (Å²) in [5.74, 6) is -0.0966. The number of fused-ring (bicyclic) bond motifs is 1. The molecule has 0 bridgehead atoms. The van der Waals surface area contributed by atoms with E-state index in [0.717, 1.165) is 28.3 Å². The number of hydrogen-bond acceptors (Lipinski definition) is 3. The fourth-order valence-electron chi connectivity index (χ4n) is 2.79. The highest BCUT2D eigenvalue weighted by Crippen LogP contribution is 2.35. The predicted octanol–water partition coefficient (Wildman–Crippen LogP) is 3.83. The fourth-order valence-corrected chi connectivity index (χ4v) is 2.79. The van der Waals surface area contributed by atoms with E-state index in [1.165, 1.54) is 0 Å². The van der Waals surface area contributed by atoms with Gasteiger partial charge in [-0.05, 0) is 48.5 Å². The fraction of sp³-hybridized carbons (Fsp3) is 0. The van der Waals surface area contributed by atoms with Crippen molar-refractivity contribution >= 4 is 40.3 Å². The Balaban J connectivity index is 1.65. The van der Waals surface area contributed by atoms with Gasteiger partial charge in [0, 0.05) is 34.5 Å². The Labute approximate surface area is 139 Å². The Bertz CT molecular complexity index is 942. The average molecular weight is 316 g/mol. The van der Waals surface area contributed by atoms with E-state index in [2.05, 4.69) is 15.6 Å². The van der Waals surface area contributed by atoms with Crippen LogP contribution in [0, 0.1) is 0 Å². The summed E-state index contributed by atoms with van der Waals surface area (Å²) in [6.45, 7) is 0. The number of anilines is 4. The predicted molar refractivity (Wildman–Crippen MR) is 97.9 cm³/mol. The van der Waals surface area contributed by atoms with Gasteiger partial charge >= 0.3 is 0 Å². The second kappa shape index (κ2) is 5.62. The van der Waals surface area contributed by atoms with Crippen LogP contribution >= 0.6 is 0 Å². The van der Waals surface area contributed by atoms with E-state index in [9.17, 15) is 4.79 Å². The van der Waals surface area contributed by atoms with E-state index in [0.29, 0.717) is 11.3 Å². The van der Waals surface area contributed by atoms with Crippen LogP contribution in [0.25, 0.3) is 11.6 Å². The van der Waals surface area contributed by atoms with Gasteiger partial charge in [0.2, 0.25) is 0 Å². The lowest BCUT2D eigenvalue weighted by Gasteiger charge is -2.08. The first-order valence-electron chi connectivity index (χ1n) is 7.62. The van der Waals surface area contributed by atoms with Gasteiger partial charge in [-0.15, -0.1) is 0 Å². The van der Waals surface area contributed by atoms with Crippen molar-refractivity contribution in [2.75, 3.05) is 16.4 Å². The third-order valence-electron chi connectivity index (χ3n) is 3.90. The molecule has 3 aromatic rings. The van der Waals surface area contributed by atoms with Gasteiger partial charge in [-0.1, -0.05) is 12.1 Å². The summed E-state index contributed by atoms with van der Waals surface area (Å²) < 4.78 is 0. The molecule has 0 radical (unpaired) electrons. The van der Waals surface area contributed by atoms with Crippen LogP contribution in [0.3, 0.4) is 0 Å². The molecule has 24 heavy (non-hydrogen) atoms. The molecule has 0 spiro atoms. The number of aromatic amines is 1. The zero-order valence-electron chi connectivity index (χ0n) is 12.8. The van der Waals surface area contributed by atoms with E-state index in [4.69, 9.17) is 5.73 Å². The lowest BCUT2D eigenvalue weighted by Crippen LogP contribution is -2.03. The van der Waals surface area contributed by atoms with Gasteiger partial charge < -0.3 is 21.4 Å². The van der Waals surface area contributed by atoms with Crippen LogP contribution in [0.5, 0.6) is 0 Å². The van der Waals surface area contributed by atoms with Gasteiger partial charge in [-0.2, -0.15) is 0 Å². The molecule has 1 aliphatic rings. The van der Waals surface area contributed by atoms with E-state index < -0.39 is 0 Å². The normalized spacial score (nSPS) is 14.5. The van der Waals surface area contributed by atoms with Gasteiger partial charge in [0.25, 0.3) is 5.91 Å². The van der Waals surface area contributed by atoms with Gasteiger partial charge in [0.15, 0.2) is 0 Å². The first kappa shape index (κ1) is 14.1. The van der Waals surface area contributed by atoms with Crippen LogP contribution in [0.1, 0.15) is 11.3 Å². The first-order chi connectivity index (χ1) is 11.7. The molecule has 0 atom stereocenters. The van der Waals surface area contributed by atoms with Crippen LogP contribution in [0.15, 0.2) is 60.8 Å². The summed E-state index contributed by atoms with van der Waals surface area (Å²) in [4.78, 5) is 15.3. The van der Waals surface area contributed by atoms with E-state index in [1.807, 2.05) is 66.9 Å². The van der Waals surface area contributed by atoms with Crippen LogP contribution in [0.4, 0.5) is 22.7 Å². The molecule has 0 fully saturated rings. The zero-order valence-corrected chi connectivity index (χ0v) is 12.8. The molecule has 5 nitrogen and oxygen atoms in total. The topological polar surface area (TPSA) is 82.9 Å². The summed E-state index contributed by atoms with van der Waals surface area (Å²) in [7, 11) is 0. The number of rotatable bonds is 3. The van der Waals surface area contributed by atoms with Crippen LogP contribution in [-0.2, 0) is 4.79 Å². The SMILES string of the molecule is Nc1cccc(Nc2ccc3c(c2)NC(=O)/C3=C\c2ccc[nH]2)c1. The minimum atomic E-state index is -0.0966. The Kier molecular flexibility index (Phi) is 3.31. The van der Waals surface area contributed by atoms with Crippen molar-refractivity contribution in [1.29, 1.82) is 0 Å². The third kappa shape index (κ3) is 2.63. The number of amides is 1. The van der Waals surface area contributed by atoms with Crippen molar-refractivity contribution in [3.63, 3.8) is 0 Å². The number of carbonyl (C=O) groups is 1. The molecule has 4 rings (SSSR count). The first-order valence-corrected chi connectivity index (χ1v) is 7.62. The summed E-state index contributed by atoms with van der Waals surface area (Å²) >= 11 is 0. The number of nitrogen functional groups attached to an aromatic ring is 1. The Hall–Kier alpha value is -3.47. The van der Waals surface area contributed by atoms with Crippen molar-refractivity contribution in [3.05, 3.63) is 72.1 Å². The summed E-state index contributed by atoms with van der Waals surface area (Å²) in [6.07, 6.45) is 3.69. The highest BCUT2D eigenvalue weighted by molar-refractivity contribution is 6.35. The molecule has 1 aliphatic heterocycles. The molecular weight excluding hydrogens is 300 g/mol. The molecule has 5 N–H and O–H groups in total. The van der Waals surface area contributed by atoms with E-state index in [1.54, 1.807) is 0 Å². The lowest BCUT2D eigenvalue weighted by molar-refractivity contribution is -0.110. The molecule has 0 aliphatic carbocycles. The monoisotopic (exact) mass is 316 g/mol. The highest BCUT2D eigenvalue weighted by atomic mass is 16.2. The highest BCUT2D eigenvalue weighted by Gasteiger charge is 2.24. The largest absolute Gasteiger partial charge is 0.399 e. The number of nitrogens with one attached hydrogen (secondary N) is 3. The van der Waals surface area contributed by atoms with Gasteiger partial charge in [0.1, 0.15) is 0 Å². The number of hydrogen-bond donors (Lipinski definition) is 4. The Morgan fingerprint density at radius 1 is 1.00 bits per heavy atom. The second-order valence-corrected chi connectivity index (χ2v) is 5.65. The maximum absolute atomic E-state index is 12.2. The molecule has 2 heterocycles. The smallest absolute Gasteiger partial charge is 0.256 e. The molecule has 0 saturated carbocycles. The van der Waals surface area contributed by atoms with Crippen molar-refractivity contribution in [2.45, 2.75) is 0 Å². The summed E-state index contributed by atoms with van der Waals surface area (Å²) in [5.41, 5.74) is 11.5. The summed E-state index contributed by atoms with van der Waals surface area (Å²) in [6, 6.07) is 17.2. The van der Waals surface area contributed by atoms with Crippen molar-refractivity contribution in [2.24, 2.45) is 0 Å². The number of H-pyrrole nitrogens is 1. The zero-order chi connectivity index (χ0) is 16.5. The van der Waals surface area contributed by atoms with E-state index in [-0.39, 0.29) is 5.91 Å². The molecule has 0 unspecified atom stereocenters. The Morgan fingerprint density at radius 3 is 2.67 bits per heavy atom.